The number of amides is 1. The monoisotopic (exact) mass is 290 g/mol. The Kier molecular flexibility index (Phi) is 8.06. The van der Waals surface area contributed by atoms with E-state index in [9.17, 15) is 4.79 Å². The molecule has 3 heteroatoms. The molecular formula is C18H30N2O. The van der Waals surface area contributed by atoms with Gasteiger partial charge in [0.1, 0.15) is 0 Å². The van der Waals surface area contributed by atoms with Gasteiger partial charge in [-0.25, -0.2) is 0 Å². The third-order valence-electron chi connectivity index (χ3n) is 3.91. The number of carbonyl (C=O) groups is 1. The van der Waals surface area contributed by atoms with Crippen LogP contribution in [0.3, 0.4) is 0 Å². The van der Waals surface area contributed by atoms with Crippen molar-refractivity contribution in [2.45, 2.75) is 58.8 Å². The van der Waals surface area contributed by atoms with Crippen LogP contribution in [0.15, 0.2) is 24.3 Å². The highest BCUT2D eigenvalue weighted by Crippen LogP contribution is 2.19. The molecule has 0 heterocycles. The van der Waals surface area contributed by atoms with Gasteiger partial charge in [-0.1, -0.05) is 45.7 Å². The van der Waals surface area contributed by atoms with E-state index in [0.29, 0.717) is 24.8 Å². The maximum Gasteiger partial charge on any atom is 0.224 e. The SMILES string of the molecule is CCCC(CCN)CCC(=O)Nc1ccc(C(C)C)cc1. The molecule has 21 heavy (non-hydrogen) atoms. The average molecular weight is 290 g/mol. The molecule has 0 aliphatic carbocycles. The van der Waals surface area contributed by atoms with Gasteiger partial charge in [-0.3, -0.25) is 4.79 Å². The Morgan fingerprint density at radius 1 is 1.14 bits per heavy atom. The molecule has 118 valence electrons. The van der Waals surface area contributed by atoms with Crippen LogP contribution in [0.2, 0.25) is 0 Å². The van der Waals surface area contributed by atoms with Crippen molar-refractivity contribution in [1.82, 2.24) is 0 Å². The van der Waals surface area contributed by atoms with Crippen LogP contribution in [0.5, 0.6) is 0 Å². The summed E-state index contributed by atoms with van der Waals surface area (Å²) in [5.41, 5.74) is 7.80. The Hall–Kier alpha value is -1.35. The lowest BCUT2D eigenvalue weighted by Crippen LogP contribution is -2.15. The van der Waals surface area contributed by atoms with Gasteiger partial charge in [0, 0.05) is 12.1 Å². The van der Waals surface area contributed by atoms with Crippen LogP contribution in [-0.4, -0.2) is 12.5 Å². The molecule has 1 amide bonds. The first kappa shape index (κ1) is 17.7. The number of anilines is 1. The van der Waals surface area contributed by atoms with Crippen LogP contribution < -0.4 is 11.1 Å². The molecule has 0 aliphatic heterocycles. The van der Waals surface area contributed by atoms with Crippen molar-refractivity contribution in [2.75, 3.05) is 11.9 Å². The third kappa shape index (κ3) is 6.76. The van der Waals surface area contributed by atoms with Crippen molar-refractivity contribution in [2.24, 2.45) is 11.7 Å². The van der Waals surface area contributed by atoms with Gasteiger partial charge in [-0.05, 0) is 48.9 Å². The van der Waals surface area contributed by atoms with E-state index in [-0.39, 0.29) is 5.91 Å². The second kappa shape index (κ2) is 9.56. The molecule has 0 saturated carbocycles. The highest BCUT2D eigenvalue weighted by molar-refractivity contribution is 5.90. The predicted octanol–water partition coefficient (Wildman–Crippen LogP) is 4.29. The summed E-state index contributed by atoms with van der Waals surface area (Å²) in [6.45, 7) is 7.22. The van der Waals surface area contributed by atoms with Crippen molar-refractivity contribution in [3.05, 3.63) is 29.8 Å². The van der Waals surface area contributed by atoms with Gasteiger partial charge < -0.3 is 11.1 Å². The number of rotatable bonds is 9. The zero-order valence-corrected chi connectivity index (χ0v) is 13.7. The number of hydrogen-bond acceptors (Lipinski definition) is 2. The zero-order chi connectivity index (χ0) is 15.7. The lowest BCUT2D eigenvalue weighted by atomic mass is 9.94. The fourth-order valence-electron chi connectivity index (χ4n) is 2.59. The van der Waals surface area contributed by atoms with Gasteiger partial charge in [-0.2, -0.15) is 0 Å². The highest BCUT2D eigenvalue weighted by atomic mass is 16.1. The quantitative estimate of drug-likeness (QED) is 0.712. The molecule has 0 aliphatic rings. The molecule has 0 saturated heterocycles. The summed E-state index contributed by atoms with van der Waals surface area (Å²) in [4.78, 5) is 12.0. The molecule has 1 atom stereocenters. The molecule has 1 aromatic carbocycles. The Bertz CT molecular complexity index is 406. The Morgan fingerprint density at radius 2 is 1.81 bits per heavy atom. The molecule has 3 nitrogen and oxygen atoms in total. The molecular weight excluding hydrogens is 260 g/mol. The summed E-state index contributed by atoms with van der Waals surface area (Å²) in [6, 6.07) is 8.12. The smallest absolute Gasteiger partial charge is 0.224 e. The Morgan fingerprint density at radius 3 is 2.33 bits per heavy atom. The number of nitrogens with two attached hydrogens (primary N) is 1. The van der Waals surface area contributed by atoms with Crippen LogP contribution in [0.1, 0.15) is 64.4 Å². The minimum atomic E-state index is 0.102. The average Bonchev–Trinajstić information content (AvgIpc) is 2.46. The van der Waals surface area contributed by atoms with Crippen LogP contribution in [0, 0.1) is 5.92 Å². The molecule has 1 rings (SSSR count). The normalized spacial score (nSPS) is 12.4. The molecule has 0 bridgehead atoms. The molecule has 0 fully saturated rings. The van der Waals surface area contributed by atoms with Crippen LogP contribution >= 0.6 is 0 Å². The molecule has 3 N–H and O–H groups in total. The lowest BCUT2D eigenvalue weighted by molar-refractivity contribution is -0.116. The summed E-state index contributed by atoms with van der Waals surface area (Å²) in [5, 5.41) is 2.98. The topological polar surface area (TPSA) is 55.1 Å². The molecule has 0 aromatic heterocycles. The van der Waals surface area contributed by atoms with Gasteiger partial charge >= 0.3 is 0 Å². The minimum absolute atomic E-state index is 0.102. The van der Waals surface area contributed by atoms with Crippen molar-refractivity contribution in [3.63, 3.8) is 0 Å². The number of nitrogens with one attached hydrogen (secondary N) is 1. The first-order valence-corrected chi connectivity index (χ1v) is 8.16. The van der Waals surface area contributed by atoms with E-state index in [4.69, 9.17) is 5.73 Å². The number of hydrogen-bond donors (Lipinski definition) is 2. The number of carbonyl (C=O) groups excluding carboxylic acids is 1. The van der Waals surface area contributed by atoms with Gasteiger partial charge in [0.25, 0.3) is 0 Å². The van der Waals surface area contributed by atoms with Gasteiger partial charge in [0.05, 0.1) is 0 Å². The second-order valence-electron chi connectivity index (χ2n) is 6.10. The van der Waals surface area contributed by atoms with E-state index in [1.807, 2.05) is 12.1 Å². The zero-order valence-electron chi connectivity index (χ0n) is 13.7. The second-order valence-corrected chi connectivity index (χ2v) is 6.10. The van der Waals surface area contributed by atoms with Crippen LogP contribution in [-0.2, 0) is 4.79 Å². The highest BCUT2D eigenvalue weighted by Gasteiger charge is 2.10. The van der Waals surface area contributed by atoms with E-state index < -0.39 is 0 Å². The van der Waals surface area contributed by atoms with Crippen LogP contribution in [0.4, 0.5) is 5.69 Å². The maximum absolute atomic E-state index is 12.0. The maximum atomic E-state index is 12.0. The lowest BCUT2D eigenvalue weighted by Gasteiger charge is -2.15. The summed E-state index contributed by atoms with van der Waals surface area (Å²) in [7, 11) is 0. The van der Waals surface area contributed by atoms with Gasteiger partial charge in [0.2, 0.25) is 5.91 Å². The van der Waals surface area contributed by atoms with E-state index in [2.05, 4.69) is 38.2 Å². The Balaban J connectivity index is 2.42. The van der Waals surface area contributed by atoms with Crippen molar-refractivity contribution in [1.29, 1.82) is 0 Å². The van der Waals surface area contributed by atoms with Gasteiger partial charge in [-0.15, -0.1) is 0 Å². The predicted molar refractivity (Wildman–Crippen MR) is 90.5 cm³/mol. The summed E-state index contributed by atoms with van der Waals surface area (Å²) < 4.78 is 0. The van der Waals surface area contributed by atoms with Crippen LogP contribution in [0.25, 0.3) is 0 Å². The fourth-order valence-corrected chi connectivity index (χ4v) is 2.59. The van der Waals surface area contributed by atoms with E-state index in [1.165, 1.54) is 5.56 Å². The summed E-state index contributed by atoms with van der Waals surface area (Å²) >= 11 is 0. The largest absolute Gasteiger partial charge is 0.330 e. The molecule has 0 spiro atoms. The van der Waals surface area contributed by atoms with E-state index in [0.717, 1.165) is 31.4 Å². The van der Waals surface area contributed by atoms with E-state index in [1.54, 1.807) is 0 Å². The van der Waals surface area contributed by atoms with Crippen molar-refractivity contribution >= 4 is 11.6 Å². The van der Waals surface area contributed by atoms with Gasteiger partial charge in [0.15, 0.2) is 0 Å². The standard InChI is InChI=1S/C18H30N2O/c1-4-5-15(12-13-19)6-11-18(21)20-17-9-7-16(8-10-17)14(2)3/h7-10,14-15H,4-6,11-13,19H2,1-3H3,(H,20,21). The first-order chi connectivity index (χ1) is 10.1. The summed E-state index contributed by atoms with van der Waals surface area (Å²) in [5.74, 6) is 1.19. The third-order valence-corrected chi connectivity index (χ3v) is 3.91. The minimum Gasteiger partial charge on any atom is -0.330 e. The fraction of sp³-hybridized carbons (Fsp3) is 0.611. The molecule has 0 radical (unpaired) electrons. The van der Waals surface area contributed by atoms with Crippen molar-refractivity contribution in [3.8, 4) is 0 Å². The Labute approximate surface area is 129 Å². The number of benzene rings is 1. The summed E-state index contributed by atoms with van der Waals surface area (Å²) in [6.07, 6.45) is 4.85. The van der Waals surface area contributed by atoms with E-state index >= 15 is 0 Å². The first-order valence-electron chi connectivity index (χ1n) is 8.16. The van der Waals surface area contributed by atoms with Crippen molar-refractivity contribution < 1.29 is 4.79 Å². The molecule has 1 unspecified atom stereocenters. The molecule has 1 aromatic rings.